The summed E-state index contributed by atoms with van der Waals surface area (Å²) in [6.07, 6.45) is 0. The number of halogens is 1. The first-order valence-corrected chi connectivity index (χ1v) is 10.4. The van der Waals surface area contributed by atoms with E-state index in [1.165, 1.54) is 5.56 Å². The van der Waals surface area contributed by atoms with Gasteiger partial charge in [0, 0.05) is 28.1 Å². The molecular weight excluding hydrogens is 382 g/mol. The normalized spacial score (nSPS) is 11.9. The lowest BCUT2D eigenvalue weighted by Crippen LogP contribution is -2.22. The summed E-state index contributed by atoms with van der Waals surface area (Å²) in [5.74, 6) is 1.16. The average Bonchev–Trinajstić information content (AvgIpc) is 3.10. The first-order chi connectivity index (χ1) is 13.0. The van der Waals surface area contributed by atoms with E-state index in [-0.39, 0.29) is 17.4 Å². The number of amides is 1. The molecule has 0 spiro atoms. The summed E-state index contributed by atoms with van der Waals surface area (Å²) < 4.78 is 17.9. The van der Waals surface area contributed by atoms with Gasteiger partial charge in [-0.2, -0.15) is 0 Å². The Kier molecular flexibility index (Phi) is 6.48. The number of furan rings is 1. The van der Waals surface area contributed by atoms with Crippen LogP contribution in [-0.2, 0) is 28.9 Å². The van der Waals surface area contributed by atoms with E-state index in [0.717, 1.165) is 11.1 Å². The Morgan fingerprint density at radius 1 is 1.04 bits per heavy atom. The topological polar surface area (TPSA) is 59.3 Å². The van der Waals surface area contributed by atoms with Crippen molar-refractivity contribution in [3.05, 3.63) is 93.9 Å². The van der Waals surface area contributed by atoms with E-state index in [1.54, 1.807) is 24.3 Å². The molecule has 0 aliphatic heterocycles. The van der Waals surface area contributed by atoms with Crippen LogP contribution in [0.25, 0.3) is 0 Å². The van der Waals surface area contributed by atoms with Gasteiger partial charge in [-0.15, -0.1) is 0 Å². The number of rotatable bonds is 7. The van der Waals surface area contributed by atoms with Gasteiger partial charge in [0.25, 0.3) is 5.91 Å². The van der Waals surface area contributed by atoms with Gasteiger partial charge in [0.2, 0.25) is 0 Å². The van der Waals surface area contributed by atoms with Gasteiger partial charge in [-0.1, -0.05) is 53.6 Å². The highest BCUT2D eigenvalue weighted by molar-refractivity contribution is 7.83. The van der Waals surface area contributed by atoms with Gasteiger partial charge in [-0.05, 0) is 42.3 Å². The average molecular weight is 402 g/mol. The van der Waals surface area contributed by atoms with Crippen LogP contribution in [0.15, 0.2) is 65.1 Å². The van der Waals surface area contributed by atoms with E-state index in [1.807, 2.05) is 43.3 Å². The van der Waals surface area contributed by atoms with Crippen LogP contribution in [0.3, 0.4) is 0 Å². The van der Waals surface area contributed by atoms with Crippen molar-refractivity contribution in [3.8, 4) is 0 Å². The minimum Gasteiger partial charge on any atom is -0.455 e. The first kappa shape index (κ1) is 19.4. The molecule has 1 amide bonds. The highest BCUT2D eigenvalue weighted by Gasteiger charge is 2.13. The van der Waals surface area contributed by atoms with Crippen molar-refractivity contribution in [1.82, 2.24) is 5.32 Å². The summed E-state index contributed by atoms with van der Waals surface area (Å²) in [5, 5.41) is 3.41. The van der Waals surface area contributed by atoms with Gasteiger partial charge in [-0.25, -0.2) is 0 Å². The summed E-state index contributed by atoms with van der Waals surface area (Å²) >= 11 is 5.93. The molecule has 0 aliphatic rings. The van der Waals surface area contributed by atoms with E-state index in [2.05, 4.69) is 5.32 Å². The predicted octanol–water partition coefficient (Wildman–Crippen LogP) is 4.62. The van der Waals surface area contributed by atoms with Crippen molar-refractivity contribution in [2.45, 2.75) is 25.0 Å². The number of aryl methyl sites for hydroxylation is 1. The fourth-order valence-corrected chi connectivity index (χ4v) is 3.93. The molecule has 1 aromatic heterocycles. The second-order valence-electron chi connectivity index (χ2n) is 6.29. The van der Waals surface area contributed by atoms with E-state index in [4.69, 9.17) is 16.0 Å². The minimum atomic E-state index is -1.10. The maximum Gasteiger partial charge on any atom is 0.287 e. The minimum absolute atomic E-state index is 0.208. The molecule has 0 fully saturated rings. The zero-order valence-corrected chi connectivity index (χ0v) is 16.5. The molecule has 140 valence electrons. The van der Waals surface area contributed by atoms with Crippen LogP contribution in [0.4, 0.5) is 0 Å². The van der Waals surface area contributed by atoms with Crippen LogP contribution in [-0.4, -0.2) is 10.1 Å². The summed E-state index contributed by atoms with van der Waals surface area (Å²) in [4.78, 5) is 12.2. The smallest absolute Gasteiger partial charge is 0.287 e. The highest BCUT2D eigenvalue weighted by atomic mass is 35.5. The number of carbonyl (C=O) groups is 1. The SMILES string of the molecule is Cc1ccc(C[S@](=O)Cc2ccc(C(=O)NCc3cccc(Cl)c3)o2)cc1. The third-order valence-electron chi connectivity index (χ3n) is 3.98. The van der Waals surface area contributed by atoms with Gasteiger partial charge in [0.1, 0.15) is 5.76 Å². The van der Waals surface area contributed by atoms with Crippen molar-refractivity contribution in [2.75, 3.05) is 0 Å². The van der Waals surface area contributed by atoms with Crippen LogP contribution < -0.4 is 5.32 Å². The molecule has 3 rings (SSSR count). The maximum absolute atomic E-state index is 12.3. The number of hydrogen-bond donors (Lipinski definition) is 1. The van der Waals surface area contributed by atoms with E-state index in [9.17, 15) is 9.00 Å². The van der Waals surface area contributed by atoms with Crippen molar-refractivity contribution in [3.63, 3.8) is 0 Å². The summed E-state index contributed by atoms with van der Waals surface area (Å²) in [5.41, 5.74) is 3.09. The molecule has 0 saturated carbocycles. The van der Waals surface area contributed by atoms with Crippen molar-refractivity contribution < 1.29 is 13.4 Å². The number of hydrogen-bond acceptors (Lipinski definition) is 3. The quantitative estimate of drug-likeness (QED) is 0.628. The molecule has 3 aromatic rings. The number of nitrogens with one attached hydrogen (secondary N) is 1. The Hall–Kier alpha value is -2.37. The molecule has 0 bridgehead atoms. The molecule has 0 aliphatic carbocycles. The molecule has 1 heterocycles. The highest BCUT2D eigenvalue weighted by Crippen LogP contribution is 2.14. The fourth-order valence-electron chi connectivity index (χ4n) is 2.57. The van der Waals surface area contributed by atoms with Crippen molar-refractivity contribution >= 4 is 28.3 Å². The Balaban J connectivity index is 1.53. The summed E-state index contributed by atoms with van der Waals surface area (Å²) in [7, 11) is -1.10. The molecule has 0 radical (unpaired) electrons. The van der Waals surface area contributed by atoms with Gasteiger partial charge < -0.3 is 9.73 Å². The first-order valence-electron chi connectivity index (χ1n) is 8.51. The molecule has 1 N–H and O–H groups in total. The summed E-state index contributed by atoms with van der Waals surface area (Å²) in [6, 6.07) is 18.5. The molecule has 0 saturated heterocycles. The molecule has 27 heavy (non-hydrogen) atoms. The van der Waals surface area contributed by atoms with E-state index >= 15 is 0 Å². The largest absolute Gasteiger partial charge is 0.455 e. The Bertz CT molecular complexity index is 950. The molecule has 6 heteroatoms. The Labute approximate surface area is 166 Å². The fraction of sp³-hybridized carbons (Fsp3) is 0.190. The third-order valence-corrected chi connectivity index (χ3v) is 5.48. The second kappa shape index (κ2) is 9.02. The zero-order valence-electron chi connectivity index (χ0n) is 14.9. The molecular formula is C21H20ClNO3S. The van der Waals surface area contributed by atoms with Crippen LogP contribution in [0.2, 0.25) is 5.02 Å². The van der Waals surface area contributed by atoms with E-state index in [0.29, 0.717) is 23.1 Å². The van der Waals surface area contributed by atoms with Gasteiger partial charge in [0.15, 0.2) is 5.76 Å². The van der Waals surface area contributed by atoms with Crippen LogP contribution >= 0.6 is 11.6 Å². The van der Waals surface area contributed by atoms with Crippen molar-refractivity contribution in [2.24, 2.45) is 0 Å². The van der Waals surface area contributed by atoms with Crippen LogP contribution in [0.1, 0.15) is 33.0 Å². The lowest BCUT2D eigenvalue weighted by Gasteiger charge is -2.04. The maximum atomic E-state index is 12.3. The van der Waals surface area contributed by atoms with Gasteiger partial charge >= 0.3 is 0 Å². The number of carbonyl (C=O) groups excluding carboxylic acids is 1. The lowest BCUT2D eigenvalue weighted by atomic mass is 10.2. The van der Waals surface area contributed by atoms with Crippen LogP contribution in [0, 0.1) is 6.92 Å². The zero-order chi connectivity index (χ0) is 19.2. The van der Waals surface area contributed by atoms with E-state index < -0.39 is 10.8 Å². The molecule has 4 nitrogen and oxygen atoms in total. The molecule has 1 atom stereocenters. The Morgan fingerprint density at radius 2 is 1.81 bits per heavy atom. The molecule has 2 aromatic carbocycles. The second-order valence-corrected chi connectivity index (χ2v) is 8.19. The third kappa shape index (κ3) is 5.81. The van der Waals surface area contributed by atoms with Crippen LogP contribution in [0.5, 0.6) is 0 Å². The Morgan fingerprint density at radius 3 is 2.56 bits per heavy atom. The van der Waals surface area contributed by atoms with Crippen molar-refractivity contribution in [1.29, 1.82) is 0 Å². The predicted molar refractivity (Wildman–Crippen MR) is 108 cm³/mol. The molecule has 0 unspecified atom stereocenters. The van der Waals surface area contributed by atoms with Gasteiger partial charge in [0.05, 0.1) is 5.75 Å². The summed E-state index contributed by atoms with van der Waals surface area (Å²) in [6.45, 7) is 2.37. The van der Waals surface area contributed by atoms with Gasteiger partial charge in [-0.3, -0.25) is 9.00 Å². The lowest BCUT2D eigenvalue weighted by molar-refractivity contribution is 0.0921. The standard InChI is InChI=1S/C21H20ClNO3S/c1-15-5-7-16(8-6-15)13-27(25)14-19-9-10-20(26-19)21(24)23-12-17-3-2-4-18(22)11-17/h2-11H,12-14H2,1H3,(H,23,24)/t27-/m0/s1. The number of benzene rings is 2. The monoisotopic (exact) mass is 401 g/mol.